The zero-order chi connectivity index (χ0) is 11.5. The van der Waals surface area contributed by atoms with Gasteiger partial charge in [-0.05, 0) is 13.8 Å². The lowest BCUT2D eigenvalue weighted by Gasteiger charge is -2.46. The maximum absolute atomic E-state index is 11.2. The first-order valence-electron chi connectivity index (χ1n) is 4.74. The van der Waals surface area contributed by atoms with Crippen LogP contribution in [0.25, 0.3) is 0 Å². The first-order valence-corrected chi connectivity index (χ1v) is 4.74. The first-order chi connectivity index (χ1) is 6.97. The number of carbonyl (C=O) groups excluding carboxylic acids is 1. The third kappa shape index (κ3) is 3.09. The van der Waals surface area contributed by atoms with E-state index in [0.717, 1.165) is 0 Å². The summed E-state index contributed by atoms with van der Waals surface area (Å²) in [6, 6.07) is 0. The molecular formula is C9H15NO5. The van der Waals surface area contributed by atoms with Gasteiger partial charge in [-0.3, -0.25) is 0 Å². The van der Waals surface area contributed by atoms with E-state index in [1.54, 1.807) is 13.8 Å². The Morgan fingerprint density at radius 3 is 2.53 bits per heavy atom. The van der Waals surface area contributed by atoms with Crippen LogP contribution in [0.5, 0.6) is 0 Å². The Labute approximate surface area is 87.8 Å². The van der Waals surface area contributed by atoms with Crippen LogP contribution in [-0.4, -0.2) is 54.0 Å². The number of carboxylic acid groups (broad SMARTS) is 1. The number of likely N-dealkylation sites (tertiary alicyclic amines) is 1. The van der Waals surface area contributed by atoms with E-state index in [2.05, 4.69) is 0 Å². The fourth-order valence-electron chi connectivity index (χ4n) is 1.43. The van der Waals surface area contributed by atoms with Crippen LogP contribution in [0, 0.1) is 0 Å². The Kier molecular flexibility index (Phi) is 3.52. The fourth-order valence-corrected chi connectivity index (χ4v) is 1.43. The van der Waals surface area contributed by atoms with Gasteiger partial charge in [-0.2, -0.15) is 0 Å². The molecule has 86 valence electrons. The number of amides is 1. The molecule has 1 N–H and O–H groups in total. The smallest absolute Gasteiger partial charge is 0.409 e. The molecule has 1 aliphatic heterocycles. The van der Waals surface area contributed by atoms with Crippen LogP contribution < -0.4 is 0 Å². The molecule has 6 nitrogen and oxygen atoms in total. The Bertz CT molecular complexity index is 259. The van der Waals surface area contributed by atoms with Gasteiger partial charge < -0.3 is 19.5 Å². The maximum Gasteiger partial charge on any atom is 0.409 e. The van der Waals surface area contributed by atoms with E-state index in [1.807, 2.05) is 0 Å². The summed E-state index contributed by atoms with van der Waals surface area (Å²) >= 11 is 0. The zero-order valence-corrected chi connectivity index (χ0v) is 8.86. The normalized spacial score (nSPS) is 18.1. The molecule has 1 fully saturated rings. The Morgan fingerprint density at radius 1 is 1.47 bits per heavy atom. The Hall–Kier alpha value is -1.30. The van der Waals surface area contributed by atoms with Gasteiger partial charge in [0.05, 0.1) is 19.7 Å². The number of carbonyl (C=O) groups is 2. The number of aliphatic carboxylic acids is 1. The van der Waals surface area contributed by atoms with E-state index >= 15 is 0 Å². The lowest BCUT2D eigenvalue weighted by molar-refractivity contribution is -0.161. The summed E-state index contributed by atoms with van der Waals surface area (Å²) in [7, 11) is 0. The highest BCUT2D eigenvalue weighted by atomic mass is 16.6. The average Bonchev–Trinajstić information content (AvgIpc) is 2.10. The first kappa shape index (κ1) is 11.8. The highest BCUT2D eigenvalue weighted by molar-refractivity contribution is 5.69. The van der Waals surface area contributed by atoms with Gasteiger partial charge in [0.1, 0.15) is 12.2 Å². The van der Waals surface area contributed by atoms with Crippen LogP contribution in [0.1, 0.15) is 13.8 Å². The van der Waals surface area contributed by atoms with Crippen molar-refractivity contribution in [3.8, 4) is 0 Å². The Morgan fingerprint density at radius 2 is 2.07 bits per heavy atom. The van der Waals surface area contributed by atoms with Gasteiger partial charge in [0.25, 0.3) is 0 Å². The SMILES string of the molecule is CCOC(=O)N1CC(C)(OCC(=O)O)C1. The molecule has 15 heavy (non-hydrogen) atoms. The number of hydrogen-bond acceptors (Lipinski definition) is 4. The second kappa shape index (κ2) is 4.48. The van der Waals surface area contributed by atoms with Gasteiger partial charge >= 0.3 is 12.1 Å². The lowest BCUT2D eigenvalue weighted by Crippen LogP contribution is -2.63. The van der Waals surface area contributed by atoms with Gasteiger partial charge in [-0.15, -0.1) is 0 Å². The van der Waals surface area contributed by atoms with Crippen LogP contribution in [-0.2, 0) is 14.3 Å². The van der Waals surface area contributed by atoms with Gasteiger partial charge in [0, 0.05) is 0 Å². The van der Waals surface area contributed by atoms with Crippen molar-refractivity contribution in [3.63, 3.8) is 0 Å². The Balaban J connectivity index is 2.28. The van der Waals surface area contributed by atoms with Gasteiger partial charge in [-0.25, -0.2) is 9.59 Å². The van der Waals surface area contributed by atoms with Crippen molar-refractivity contribution in [2.75, 3.05) is 26.3 Å². The molecule has 0 spiro atoms. The van der Waals surface area contributed by atoms with Crippen LogP contribution in [0.2, 0.25) is 0 Å². The van der Waals surface area contributed by atoms with E-state index in [4.69, 9.17) is 14.6 Å². The van der Waals surface area contributed by atoms with Crippen molar-refractivity contribution in [1.29, 1.82) is 0 Å². The van der Waals surface area contributed by atoms with E-state index in [-0.39, 0.29) is 12.7 Å². The van der Waals surface area contributed by atoms with E-state index in [1.165, 1.54) is 4.90 Å². The molecule has 0 aliphatic carbocycles. The largest absolute Gasteiger partial charge is 0.480 e. The third-order valence-corrected chi connectivity index (χ3v) is 2.12. The van der Waals surface area contributed by atoms with Crippen LogP contribution in [0.4, 0.5) is 4.79 Å². The molecule has 0 aromatic rings. The van der Waals surface area contributed by atoms with Crippen LogP contribution in [0.15, 0.2) is 0 Å². The molecule has 1 saturated heterocycles. The molecule has 1 aliphatic rings. The molecular weight excluding hydrogens is 202 g/mol. The fraction of sp³-hybridized carbons (Fsp3) is 0.778. The summed E-state index contributed by atoms with van der Waals surface area (Å²) < 4.78 is 9.92. The van der Waals surface area contributed by atoms with E-state index < -0.39 is 11.6 Å². The van der Waals surface area contributed by atoms with Gasteiger partial charge in [0.15, 0.2) is 0 Å². The molecule has 1 heterocycles. The summed E-state index contributed by atoms with van der Waals surface area (Å²) in [5.41, 5.74) is -0.550. The van der Waals surface area contributed by atoms with Crippen LogP contribution in [0.3, 0.4) is 0 Å². The molecule has 0 saturated carbocycles. The summed E-state index contributed by atoms with van der Waals surface area (Å²) in [5, 5.41) is 8.43. The third-order valence-electron chi connectivity index (χ3n) is 2.12. The minimum absolute atomic E-state index is 0.335. The molecule has 0 atom stereocenters. The number of nitrogens with zero attached hydrogens (tertiary/aromatic N) is 1. The quantitative estimate of drug-likeness (QED) is 0.733. The predicted molar refractivity (Wildman–Crippen MR) is 50.6 cm³/mol. The van der Waals surface area contributed by atoms with E-state index in [9.17, 15) is 9.59 Å². The van der Waals surface area contributed by atoms with Gasteiger partial charge in [-0.1, -0.05) is 0 Å². The molecule has 0 radical (unpaired) electrons. The van der Waals surface area contributed by atoms with Crippen molar-refractivity contribution in [2.24, 2.45) is 0 Å². The van der Waals surface area contributed by atoms with Crippen molar-refractivity contribution in [3.05, 3.63) is 0 Å². The molecule has 0 bridgehead atoms. The predicted octanol–water partition coefficient (Wildman–Crippen LogP) is 0.318. The second-order valence-electron chi connectivity index (χ2n) is 3.69. The minimum atomic E-state index is -1.01. The van der Waals surface area contributed by atoms with Crippen molar-refractivity contribution < 1.29 is 24.2 Å². The molecule has 1 rings (SSSR count). The average molecular weight is 217 g/mol. The molecule has 0 aromatic heterocycles. The second-order valence-corrected chi connectivity index (χ2v) is 3.69. The lowest BCUT2D eigenvalue weighted by atomic mass is 9.97. The molecule has 0 unspecified atom stereocenters. The van der Waals surface area contributed by atoms with Crippen molar-refractivity contribution in [2.45, 2.75) is 19.4 Å². The standard InChI is InChI=1S/C9H15NO5/c1-3-14-8(13)10-5-9(2,6-10)15-4-7(11)12/h3-6H2,1-2H3,(H,11,12). The summed E-state index contributed by atoms with van der Waals surface area (Å²) in [4.78, 5) is 22.9. The van der Waals surface area contributed by atoms with Gasteiger partial charge in [0.2, 0.25) is 0 Å². The highest BCUT2D eigenvalue weighted by Crippen LogP contribution is 2.24. The molecule has 6 heteroatoms. The number of ether oxygens (including phenoxy) is 2. The highest BCUT2D eigenvalue weighted by Gasteiger charge is 2.43. The summed E-state index contributed by atoms with van der Waals surface area (Å²) in [6.07, 6.45) is -0.381. The summed E-state index contributed by atoms with van der Waals surface area (Å²) in [5.74, 6) is -1.01. The molecule has 0 aromatic carbocycles. The minimum Gasteiger partial charge on any atom is -0.480 e. The summed E-state index contributed by atoms with van der Waals surface area (Å²) in [6.45, 7) is 4.25. The maximum atomic E-state index is 11.2. The topological polar surface area (TPSA) is 76.1 Å². The number of rotatable bonds is 4. The van der Waals surface area contributed by atoms with E-state index in [0.29, 0.717) is 19.7 Å². The number of hydrogen-bond donors (Lipinski definition) is 1. The molecule has 1 amide bonds. The zero-order valence-electron chi connectivity index (χ0n) is 8.86. The van der Waals surface area contributed by atoms with Crippen LogP contribution >= 0.6 is 0 Å². The van der Waals surface area contributed by atoms with Crippen molar-refractivity contribution in [1.82, 2.24) is 4.90 Å². The van der Waals surface area contributed by atoms with Crippen molar-refractivity contribution >= 4 is 12.1 Å². The number of carboxylic acids is 1. The monoisotopic (exact) mass is 217 g/mol.